The zero-order valence-electron chi connectivity index (χ0n) is 18.6. The van der Waals surface area contributed by atoms with E-state index in [9.17, 15) is 14.9 Å². The molecule has 3 aromatic carbocycles. The highest BCUT2D eigenvalue weighted by molar-refractivity contribution is 5.91. The molecule has 0 bridgehead atoms. The third kappa shape index (κ3) is 5.57. The Hall–Kier alpha value is -4.66. The molecule has 0 aliphatic heterocycles. The van der Waals surface area contributed by atoms with Crippen LogP contribution in [0.15, 0.2) is 79.3 Å². The number of para-hydroxylation sites is 2. The van der Waals surface area contributed by atoms with E-state index in [0.29, 0.717) is 28.7 Å². The maximum atomic E-state index is 12.6. The molecule has 0 fully saturated rings. The number of imidazole rings is 1. The smallest absolute Gasteiger partial charge is 0.381 e. The molecule has 0 aliphatic rings. The van der Waals surface area contributed by atoms with E-state index in [1.165, 1.54) is 17.1 Å². The summed E-state index contributed by atoms with van der Waals surface area (Å²) in [7, 11) is 0. The number of carbonyl (C=O) groups is 1. The summed E-state index contributed by atoms with van der Waals surface area (Å²) in [6, 6.07) is 20.3. The topological polar surface area (TPSA) is 109 Å². The summed E-state index contributed by atoms with van der Waals surface area (Å²) in [6.07, 6.45) is 2.44. The van der Waals surface area contributed by atoms with Crippen LogP contribution in [0.4, 0.5) is 11.5 Å². The van der Waals surface area contributed by atoms with Gasteiger partial charge in [-0.25, -0.2) is 0 Å². The predicted molar refractivity (Wildman–Crippen MR) is 126 cm³/mol. The van der Waals surface area contributed by atoms with E-state index in [0.717, 1.165) is 11.1 Å². The molecule has 1 amide bonds. The van der Waals surface area contributed by atoms with Gasteiger partial charge < -0.3 is 29.5 Å². The van der Waals surface area contributed by atoms with Crippen LogP contribution in [0, 0.1) is 24.0 Å². The maximum Gasteiger partial charge on any atom is 0.381 e. The summed E-state index contributed by atoms with van der Waals surface area (Å²) >= 11 is 0. The van der Waals surface area contributed by atoms with Crippen LogP contribution in [0.25, 0.3) is 0 Å². The summed E-state index contributed by atoms with van der Waals surface area (Å²) < 4.78 is 13.5. The van der Waals surface area contributed by atoms with Crippen molar-refractivity contribution in [1.82, 2.24) is 9.55 Å². The van der Waals surface area contributed by atoms with E-state index in [1.807, 2.05) is 62.4 Å². The van der Waals surface area contributed by atoms with Crippen LogP contribution in [0.1, 0.15) is 11.1 Å². The number of benzene rings is 3. The summed E-state index contributed by atoms with van der Waals surface area (Å²) in [5, 5.41) is 13.6. The first-order chi connectivity index (χ1) is 16.4. The number of aromatic nitrogens is 2. The van der Waals surface area contributed by atoms with Gasteiger partial charge in [0.2, 0.25) is 12.2 Å². The molecule has 1 heterocycles. The Kier molecular flexibility index (Phi) is 6.54. The molecule has 4 rings (SSSR count). The zero-order chi connectivity index (χ0) is 24.1. The normalized spacial score (nSPS) is 10.5. The van der Waals surface area contributed by atoms with Gasteiger partial charge in [-0.15, -0.1) is 0 Å². The highest BCUT2D eigenvalue weighted by atomic mass is 16.6. The fraction of sp³-hybridized carbons (Fsp3) is 0.120. The molecule has 0 unspecified atom stereocenters. The molecule has 172 valence electrons. The minimum atomic E-state index is -0.615. The van der Waals surface area contributed by atoms with Crippen molar-refractivity contribution in [1.29, 1.82) is 0 Å². The highest BCUT2D eigenvalue weighted by Gasteiger charge is 2.14. The van der Waals surface area contributed by atoms with Gasteiger partial charge in [-0.05, 0) is 47.0 Å². The number of hydrogen-bond donors (Lipinski definition) is 1. The predicted octanol–water partition coefficient (Wildman–Crippen LogP) is 5.63. The Morgan fingerprint density at radius 3 is 2.03 bits per heavy atom. The van der Waals surface area contributed by atoms with Crippen molar-refractivity contribution >= 4 is 17.4 Å². The monoisotopic (exact) mass is 458 g/mol. The minimum Gasteiger partial charge on any atom is -0.457 e. The van der Waals surface area contributed by atoms with Gasteiger partial charge in [0.1, 0.15) is 35.7 Å². The van der Waals surface area contributed by atoms with Crippen LogP contribution in [-0.4, -0.2) is 20.4 Å². The van der Waals surface area contributed by atoms with Gasteiger partial charge in [-0.1, -0.05) is 36.4 Å². The number of hydrogen-bond acceptors (Lipinski definition) is 6. The van der Waals surface area contributed by atoms with Crippen molar-refractivity contribution < 1.29 is 19.2 Å². The molecule has 9 nitrogen and oxygen atoms in total. The molecule has 0 aliphatic carbocycles. The lowest BCUT2D eigenvalue weighted by Crippen LogP contribution is -2.18. The number of nitrogens with zero attached hydrogens (tertiary/aromatic N) is 3. The molecule has 4 aromatic rings. The number of aryl methyl sites for hydroxylation is 2. The molecular formula is C25H22N4O5. The van der Waals surface area contributed by atoms with Gasteiger partial charge in [-0.3, -0.25) is 4.79 Å². The fourth-order valence-electron chi connectivity index (χ4n) is 3.25. The van der Waals surface area contributed by atoms with Gasteiger partial charge in [0, 0.05) is 23.9 Å². The van der Waals surface area contributed by atoms with Gasteiger partial charge in [0.15, 0.2) is 0 Å². The maximum absolute atomic E-state index is 12.6. The standard InChI is InChI=1S/C25H22N4O5/c1-17-7-3-5-9-22(17)33-20-11-19(12-21(13-20)34-23-10-6-4-8-18(23)2)27-25(30)15-28-14-24(26-16-28)29(31)32/h3-14,16H,15H2,1-2H3,(H,27,30). The van der Waals surface area contributed by atoms with E-state index < -0.39 is 4.92 Å². The Morgan fingerprint density at radius 2 is 1.53 bits per heavy atom. The van der Waals surface area contributed by atoms with Gasteiger partial charge >= 0.3 is 5.82 Å². The van der Waals surface area contributed by atoms with Crippen molar-refractivity contribution in [3.8, 4) is 23.0 Å². The van der Waals surface area contributed by atoms with Gasteiger partial charge in [-0.2, -0.15) is 0 Å². The molecule has 0 saturated heterocycles. The average molecular weight is 458 g/mol. The van der Waals surface area contributed by atoms with Crippen molar-refractivity contribution in [2.24, 2.45) is 0 Å². The lowest BCUT2D eigenvalue weighted by molar-refractivity contribution is -0.389. The second kappa shape index (κ2) is 9.86. The third-order valence-electron chi connectivity index (χ3n) is 4.94. The number of ether oxygens (including phenoxy) is 2. The quantitative estimate of drug-likeness (QED) is 0.271. The minimum absolute atomic E-state index is 0.141. The van der Waals surface area contributed by atoms with Crippen LogP contribution in [0.3, 0.4) is 0 Å². The lowest BCUT2D eigenvalue weighted by Gasteiger charge is -2.14. The van der Waals surface area contributed by atoms with Crippen molar-refractivity contribution in [2.45, 2.75) is 20.4 Å². The molecule has 0 spiro atoms. The lowest BCUT2D eigenvalue weighted by atomic mass is 10.2. The van der Waals surface area contributed by atoms with Gasteiger partial charge in [0.05, 0.1) is 0 Å². The molecule has 0 saturated carbocycles. The summed E-state index contributed by atoms with van der Waals surface area (Å²) in [5.41, 5.74) is 2.37. The Morgan fingerprint density at radius 1 is 0.971 bits per heavy atom. The van der Waals surface area contributed by atoms with Crippen LogP contribution in [0.2, 0.25) is 0 Å². The SMILES string of the molecule is Cc1ccccc1Oc1cc(NC(=O)Cn2cnc([N+](=O)[O-])c2)cc(Oc2ccccc2C)c1. The first kappa shape index (κ1) is 22.5. The first-order valence-corrected chi connectivity index (χ1v) is 10.5. The number of amides is 1. The second-order valence-corrected chi connectivity index (χ2v) is 7.64. The number of rotatable bonds is 8. The Balaban J connectivity index is 1.59. The average Bonchev–Trinajstić information content (AvgIpc) is 3.25. The van der Waals surface area contributed by atoms with E-state index in [1.54, 1.807) is 18.2 Å². The van der Waals surface area contributed by atoms with Crippen LogP contribution < -0.4 is 14.8 Å². The summed E-state index contributed by atoms with van der Waals surface area (Å²) in [6.45, 7) is 3.74. The van der Waals surface area contributed by atoms with E-state index in [-0.39, 0.29) is 18.3 Å². The number of anilines is 1. The number of nitrogens with one attached hydrogen (secondary N) is 1. The molecule has 1 N–H and O–H groups in total. The summed E-state index contributed by atoms with van der Waals surface area (Å²) in [5.74, 6) is 1.61. The molecule has 9 heteroatoms. The van der Waals surface area contributed by atoms with Crippen molar-refractivity contribution in [3.05, 3.63) is 100 Å². The number of nitro groups is 1. The molecule has 1 aromatic heterocycles. The first-order valence-electron chi connectivity index (χ1n) is 10.5. The Bertz CT molecular complexity index is 1280. The molecule has 0 radical (unpaired) electrons. The van der Waals surface area contributed by atoms with E-state index >= 15 is 0 Å². The fourth-order valence-corrected chi connectivity index (χ4v) is 3.25. The van der Waals surface area contributed by atoms with E-state index in [2.05, 4.69) is 10.3 Å². The second-order valence-electron chi connectivity index (χ2n) is 7.64. The van der Waals surface area contributed by atoms with Crippen LogP contribution >= 0.6 is 0 Å². The Labute approximate surface area is 195 Å². The van der Waals surface area contributed by atoms with Crippen LogP contribution in [-0.2, 0) is 11.3 Å². The molecule has 34 heavy (non-hydrogen) atoms. The van der Waals surface area contributed by atoms with Crippen molar-refractivity contribution in [2.75, 3.05) is 5.32 Å². The number of carbonyl (C=O) groups excluding carboxylic acids is 1. The highest BCUT2D eigenvalue weighted by Crippen LogP contribution is 2.34. The molecule has 0 atom stereocenters. The zero-order valence-corrected chi connectivity index (χ0v) is 18.6. The largest absolute Gasteiger partial charge is 0.457 e. The van der Waals surface area contributed by atoms with Gasteiger partial charge in [0.25, 0.3) is 0 Å². The van der Waals surface area contributed by atoms with Crippen LogP contribution in [0.5, 0.6) is 23.0 Å². The van der Waals surface area contributed by atoms with Crippen molar-refractivity contribution in [3.63, 3.8) is 0 Å². The molecular weight excluding hydrogens is 436 g/mol. The van der Waals surface area contributed by atoms with E-state index in [4.69, 9.17) is 9.47 Å². The third-order valence-corrected chi connectivity index (χ3v) is 4.94. The summed E-state index contributed by atoms with van der Waals surface area (Å²) in [4.78, 5) is 26.5.